The number of benzene rings is 2. The molecular formula is C24H25N5O6. The number of methoxy groups -OCH3 is 1. The molecule has 0 fully saturated rings. The molecule has 11 nitrogen and oxygen atoms in total. The van der Waals surface area contributed by atoms with Crippen LogP contribution in [0, 0.1) is 0 Å². The normalized spacial score (nSPS) is 11.1. The zero-order valence-electron chi connectivity index (χ0n) is 19.1. The average molecular weight is 479 g/mol. The van der Waals surface area contributed by atoms with Gasteiger partial charge in [-0.15, -0.1) is 0 Å². The first-order chi connectivity index (χ1) is 16.9. The molecule has 1 amide bonds. The maximum absolute atomic E-state index is 13.4. The van der Waals surface area contributed by atoms with E-state index in [1.54, 1.807) is 24.3 Å². The lowest BCUT2D eigenvalue weighted by Gasteiger charge is -2.24. The molecule has 0 radical (unpaired) electrons. The summed E-state index contributed by atoms with van der Waals surface area (Å²) in [6.07, 6.45) is 0.389. The van der Waals surface area contributed by atoms with Crippen molar-refractivity contribution in [2.45, 2.75) is 19.5 Å². The third-order valence-corrected chi connectivity index (χ3v) is 5.57. The van der Waals surface area contributed by atoms with Gasteiger partial charge in [-0.25, -0.2) is 9.59 Å². The Kier molecular flexibility index (Phi) is 6.97. The predicted molar refractivity (Wildman–Crippen MR) is 131 cm³/mol. The molecule has 182 valence electrons. The smallest absolute Gasteiger partial charge is 0.408 e. The number of oxazole rings is 1. The number of nitrogens with two attached hydrogens (primary N) is 1. The van der Waals surface area contributed by atoms with Crippen molar-refractivity contribution < 1.29 is 13.9 Å². The fourth-order valence-corrected chi connectivity index (χ4v) is 3.87. The van der Waals surface area contributed by atoms with Gasteiger partial charge in [0, 0.05) is 20.3 Å². The Morgan fingerprint density at radius 3 is 2.51 bits per heavy atom. The number of nitrogen functional groups attached to an aromatic ring is 1. The molecule has 0 aliphatic heterocycles. The number of carbonyl (C=O) groups is 1. The van der Waals surface area contributed by atoms with Crippen molar-refractivity contribution in [1.82, 2.24) is 14.1 Å². The summed E-state index contributed by atoms with van der Waals surface area (Å²) in [6.45, 7) is 0.106. The van der Waals surface area contributed by atoms with E-state index in [9.17, 15) is 19.2 Å². The van der Waals surface area contributed by atoms with Gasteiger partial charge < -0.3 is 19.8 Å². The van der Waals surface area contributed by atoms with E-state index in [1.165, 1.54) is 21.1 Å². The Morgan fingerprint density at radius 2 is 1.77 bits per heavy atom. The third-order valence-electron chi connectivity index (χ3n) is 5.57. The second kappa shape index (κ2) is 10.3. The van der Waals surface area contributed by atoms with E-state index >= 15 is 0 Å². The minimum Gasteiger partial charge on any atom is -0.408 e. The minimum atomic E-state index is -0.799. The molecule has 35 heavy (non-hydrogen) atoms. The van der Waals surface area contributed by atoms with Crippen LogP contribution in [0.2, 0.25) is 0 Å². The maximum atomic E-state index is 13.4. The highest BCUT2D eigenvalue weighted by Gasteiger charge is 2.25. The second-order valence-electron chi connectivity index (χ2n) is 7.88. The highest BCUT2D eigenvalue weighted by molar-refractivity contribution is 5.96. The molecule has 0 unspecified atom stereocenters. The van der Waals surface area contributed by atoms with Crippen molar-refractivity contribution in [1.29, 1.82) is 0 Å². The molecule has 0 saturated carbocycles. The van der Waals surface area contributed by atoms with Crippen molar-refractivity contribution in [3.8, 4) is 0 Å². The zero-order valence-corrected chi connectivity index (χ0v) is 19.1. The molecule has 2 heterocycles. The van der Waals surface area contributed by atoms with Gasteiger partial charge >= 0.3 is 11.4 Å². The van der Waals surface area contributed by atoms with Crippen LogP contribution in [0.5, 0.6) is 0 Å². The number of anilines is 2. The topological polar surface area (TPSA) is 146 Å². The number of para-hydroxylation sites is 2. The van der Waals surface area contributed by atoms with Gasteiger partial charge in [0.05, 0.1) is 12.1 Å². The highest BCUT2D eigenvalue weighted by Crippen LogP contribution is 2.20. The summed E-state index contributed by atoms with van der Waals surface area (Å²) in [5.41, 5.74) is 6.21. The van der Waals surface area contributed by atoms with Crippen molar-refractivity contribution >= 4 is 28.5 Å². The number of nitrogens with zero attached hydrogens (tertiary/aromatic N) is 3. The Hall–Kier alpha value is -4.38. The molecular weight excluding hydrogens is 454 g/mol. The Labute approximate surface area is 199 Å². The molecule has 2 aromatic carbocycles. The van der Waals surface area contributed by atoms with Gasteiger partial charge in [0.25, 0.3) is 5.56 Å². The van der Waals surface area contributed by atoms with E-state index in [2.05, 4.69) is 4.98 Å². The fraction of sp³-hybridized carbons (Fsp3) is 0.250. The number of ether oxygens (including phenoxy) is 1. The van der Waals surface area contributed by atoms with Gasteiger partial charge in [0.15, 0.2) is 11.3 Å². The summed E-state index contributed by atoms with van der Waals surface area (Å²) in [5, 5.41) is 0. The molecule has 0 aliphatic carbocycles. The van der Waals surface area contributed by atoms with E-state index in [-0.39, 0.29) is 31.1 Å². The molecule has 0 saturated heterocycles. The minimum absolute atomic E-state index is 0.0774. The van der Waals surface area contributed by atoms with Crippen LogP contribution in [0.25, 0.3) is 11.1 Å². The number of hydrogen-bond acceptors (Lipinski definition) is 7. The van der Waals surface area contributed by atoms with E-state index in [0.29, 0.717) is 24.1 Å². The van der Waals surface area contributed by atoms with E-state index < -0.39 is 22.9 Å². The van der Waals surface area contributed by atoms with Crippen LogP contribution in [0.3, 0.4) is 0 Å². The van der Waals surface area contributed by atoms with Gasteiger partial charge in [0.2, 0.25) is 5.91 Å². The summed E-state index contributed by atoms with van der Waals surface area (Å²) in [5.74, 6) is -1.43. The summed E-state index contributed by atoms with van der Waals surface area (Å²) < 4.78 is 12.7. The third kappa shape index (κ3) is 4.94. The van der Waals surface area contributed by atoms with Gasteiger partial charge in [-0.1, -0.05) is 42.5 Å². The molecule has 0 atom stereocenters. The highest BCUT2D eigenvalue weighted by atomic mass is 16.5. The van der Waals surface area contributed by atoms with E-state index in [1.807, 2.05) is 30.3 Å². The molecule has 3 N–H and O–H groups in total. The molecule has 2 aromatic heterocycles. The Morgan fingerprint density at radius 1 is 1.06 bits per heavy atom. The number of carbonyl (C=O) groups excluding carboxylic acids is 1. The van der Waals surface area contributed by atoms with Gasteiger partial charge in [-0.3, -0.25) is 23.7 Å². The summed E-state index contributed by atoms with van der Waals surface area (Å²) >= 11 is 0. The lowest BCUT2D eigenvalue weighted by molar-refractivity contribution is -0.119. The maximum Gasteiger partial charge on any atom is 0.420 e. The largest absolute Gasteiger partial charge is 0.420 e. The second-order valence-corrected chi connectivity index (χ2v) is 7.88. The number of rotatable bonds is 9. The molecule has 0 aliphatic rings. The molecule has 0 bridgehead atoms. The van der Waals surface area contributed by atoms with Crippen molar-refractivity contribution in [2.24, 2.45) is 0 Å². The SMILES string of the molecule is COCCCN(C(=O)Cn1c(=O)oc2ccccc21)c1c(N)n(Cc2ccccc2)c(=O)[nH]c1=O. The summed E-state index contributed by atoms with van der Waals surface area (Å²) in [4.78, 5) is 54.7. The molecule has 0 spiro atoms. The van der Waals surface area contributed by atoms with Crippen molar-refractivity contribution in [2.75, 3.05) is 30.9 Å². The van der Waals surface area contributed by atoms with E-state index in [0.717, 1.165) is 5.56 Å². The molecule has 4 aromatic rings. The van der Waals surface area contributed by atoms with Gasteiger partial charge in [-0.05, 0) is 24.1 Å². The van der Waals surface area contributed by atoms with Crippen LogP contribution in [0.1, 0.15) is 12.0 Å². The first-order valence-electron chi connectivity index (χ1n) is 10.9. The first kappa shape index (κ1) is 23.8. The van der Waals surface area contributed by atoms with Crippen LogP contribution in [0.4, 0.5) is 11.5 Å². The lowest BCUT2D eigenvalue weighted by atomic mass is 10.2. The molecule has 4 rings (SSSR count). The van der Waals surface area contributed by atoms with Crippen LogP contribution in [0.15, 0.2) is 73.4 Å². The number of aromatic nitrogens is 3. The van der Waals surface area contributed by atoms with Crippen molar-refractivity contribution in [3.05, 3.63) is 91.5 Å². The van der Waals surface area contributed by atoms with Crippen LogP contribution < -0.4 is 27.6 Å². The number of nitrogens with one attached hydrogen (secondary N) is 1. The number of H-pyrrole nitrogens is 1. The first-order valence-corrected chi connectivity index (χ1v) is 10.9. The predicted octanol–water partition coefficient (Wildman–Crippen LogP) is 1.14. The number of aromatic amines is 1. The van der Waals surface area contributed by atoms with Crippen molar-refractivity contribution in [3.63, 3.8) is 0 Å². The number of fused-ring (bicyclic) bond motifs is 1. The van der Waals surface area contributed by atoms with Crippen LogP contribution >= 0.6 is 0 Å². The zero-order chi connectivity index (χ0) is 24.9. The monoisotopic (exact) mass is 479 g/mol. The Bertz CT molecular complexity index is 1520. The summed E-state index contributed by atoms with van der Waals surface area (Å²) in [7, 11) is 1.52. The number of amides is 1. The van der Waals surface area contributed by atoms with Crippen LogP contribution in [-0.4, -0.2) is 40.3 Å². The molecule has 11 heteroatoms. The fourth-order valence-electron chi connectivity index (χ4n) is 3.87. The quantitative estimate of drug-likeness (QED) is 0.342. The Balaban J connectivity index is 1.75. The number of hydrogen-bond donors (Lipinski definition) is 2. The summed E-state index contributed by atoms with van der Waals surface area (Å²) in [6, 6.07) is 15.8. The lowest BCUT2D eigenvalue weighted by Crippen LogP contribution is -2.43. The average Bonchev–Trinajstić information content (AvgIpc) is 3.16. The van der Waals surface area contributed by atoms with Crippen LogP contribution in [-0.2, 0) is 22.6 Å². The standard InChI is InChI=1S/C24H25N5O6/c1-34-13-7-12-27(19(30)15-28-17-10-5-6-11-18(17)35-24(28)33)20-21(25)29(23(32)26-22(20)31)14-16-8-3-2-4-9-16/h2-6,8-11H,7,12-15,25H2,1H3,(H,26,31,32). The van der Waals surface area contributed by atoms with Gasteiger partial charge in [-0.2, -0.15) is 0 Å². The van der Waals surface area contributed by atoms with E-state index in [4.69, 9.17) is 14.9 Å². The van der Waals surface area contributed by atoms with Gasteiger partial charge in [0.1, 0.15) is 12.4 Å².